The van der Waals surface area contributed by atoms with Crippen molar-refractivity contribution in [2.24, 2.45) is 5.92 Å². The van der Waals surface area contributed by atoms with Crippen molar-refractivity contribution >= 4 is 272 Å². The topological polar surface area (TPSA) is 306 Å². The van der Waals surface area contributed by atoms with Crippen molar-refractivity contribution in [2.45, 2.75) is 98.2 Å². The monoisotopic (exact) mass is 1860 g/mol. The molecule has 0 saturated heterocycles. The number of hydrogen-bond acceptors (Lipinski definition) is 32. The first-order valence-electron chi connectivity index (χ1n) is 36.0. The summed E-state index contributed by atoms with van der Waals surface area (Å²) >= 11 is 45.0. The predicted octanol–water partition coefficient (Wildman–Crippen LogP) is 25.8. The molecule has 10 aromatic heterocycles. The zero-order valence-electron chi connectivity index (χ0n) is 62.4. The van der Waals surface area contributed by atoms with Gasteiger partial charge in [-0.05, 0) is 134 Å². The van der Waals surface area contributed by atoms with Crippen molar-refractivity contribution in [2.75, 3.05) is 40.2 Å². The van der Waals surface area contributed by atoms with Gasteiger partial charge in [0, 0.05) is 126 Å². The summed E-state index contributed by atoms with van der Waals surface area (Å²) in [5, 5.41) is 68.1. The third-order valence-electron chi connectivity index (χ3n) is 16.4. The lowest BCUT2D eigenvalue weighted by Crippen LogP contribution is -2.21. The van der Waals surface area contributed by atoms with Crippen LogP contribution in [0.2, 0.25) is 25.1 Å². The largest absolute Gasteiger partial charge is 0.449 e. The fourth-order valence-electron chi connectivity index (χ4n) is 11.1. The summed E-state index contributed by atoms with van der Waals surface area (Å²) in [7, 11) is 1.83. The van der Waals surface area contributed by atoms with Crippen LogP contribution in [-0.2, 0) is 4.74 Å². The molecule has 17 aromatic rings. The highest BCUT2D eigenvalue weighted by molar-refractivity contribution is 8.02. The molecule has 5 N–H and O–H groups in total. The highest BCUT2D eigenvalue weighted by atomic mass is 35.5. The summed E-state index contributed by atoms with van der Waals surface area (Å²) in [5.74, 6) is 0.732. The predicted molar refractivity (Wildman–Crippen MR) is 490 cm³/mol. The number of aromatic nitrogens is 15. The fourth-order valence-corrected chi connectivity index (χ4v) is 21.1. The number of rotatable bonds is 20. The smallest absolute Gasteiger partial charge is 0.418 e. The first-order valence-corrected chi connectivity index (χ1v) is 46.1. The van der Waals surface area contributed by atoms with Crippen molar-refractivity contribution in [3.8, 4) is 5.75 Å². The van der Waals surface area contributed by atoms with E-state index in [9.17, 15) is 9.59 Å². The number of carbonyl (C=O) groups is 2. The molecule has 119 heavy (non-hydrogen) atoms. The third-order valence-corrected chi connectivity index (χ3v) is 27.6. The molecular weight excluding hydrogens is 1800 g/mol. The molecule has 602 valence electrons. The molecule has 0 atom stereocenters. The molecule has 0 spiro atoms. The maximum Gasteiger partial charge on any atom is 0.418 e. The van der Waals surface area contributed by atoms with Gasteiger partial charge in [-0.3, -0.25) is 35.6 Å². The Morgan fingerprint density at radius 2 is 0.723 bits per heavy atom. The van der Waals surface area contributed by atoms with E-state index in [1.54, 1.807) is 95.7 Å². The maximum atomic E-state index is 11.9. The minimum Gasteiger partial charge on any atom is -0.449 e. The number of fused-ring (bicyclic) bond motifs is 5. The molecule has 0 bridgehead atoms. The molecule has 1 aliphatic rings. The lowest BCUT2D eigenvalue weighted by molar-refractivity contribution is 0.147. The van der Waals surface area contributed by atoms with Crippen molar-refractivity contribution in [3.63, 3.8) is 0 Å². The Labute approximate surface area is 747 Å². The normalized spacial score (nSPS) is 11.8. The van der Waals surface area contributed by atoms with Gasteiger partial charge in [0.2, 0.25) is 25.7 Å². The number of benzene rings is 7. The third kappa shape index (κ3) is 25.1. The van der Waals surface area contributed by atoms with E-state index in [1.165, 1.54) is 101 Å². The number of carbonyl (C=O) groups excluding carboxylic acids is 2. The number of para-hydroxylation sites is 2. The van der Waals surface area contributed by atoms with Gasteiger partial charge >= 0.3 is 12.2 Å². The highest BCUT2D eigenvalue weighted by Crippen LogP contribution is 2.42. The first-order chi connectivity index (χ1) is 58.0. The van der Waals surface area contributed by atoms with E-state index in [4.69, 9.17) is 67.5 Å². The average Bonchev–Trinajstić information content (AvgIpc) is 1.60. The Balaban J connectivity index is 0.000000122. The minimum atomic E-state index is -0.613. The van der Waals surface area contributed by atoms with Gasteiger partial charge in [0.15, 0.2) is 21.7 Å². The molecule has 7 aromatic carbocycles. The summed E-state index contributed by atoms with van der Waals surface area (Å²) in [6.07, 6.45) is 14.1. The van der Waals surface area contributed by atoms with Crippen molar-refractivity contribution < 1.29 is 19.1 Å². The van der Waals surface area contributed by atoms with Gasteiger partial charge < -0.3 is 25.4 Å². The molecule has 0 unspecified atom stereocenters. The van der Waals surface area contributed by atoms with Crippen LogP contribution in [0.3, 0.4) is 0 Å². The van der Waals surface area contributed by atoms with Gasteiger partial charge in [-0.1, -0.05) is 273 Å². The van der Waals surface area contributed by atoms with Crippen molar-refractivity contribution in [1.82, 2.24) is 75.9 Å². The number of halogens is 5. The van der Waals surface area contributed by atoms with Gasteiger partial charge in [-0.15, -0.1) is 51.0 Å². The summed E-state index contributed by atoms with van der Waals surface area (Å²) in [4.78, 5) is 50.6. The Kier molecular flexibility index (Phi) is 30.8. The summed E-state index contributed by atoms with van der Waals surface area (Å²) < 4.78 is 14.3. The maximum absolute atomic E-state index is 11.9. The summed E-state index contributed by atoms with van der Waals surface area (Å²) in [6.45, 7) is 4.30. The Morgan fingerprint density at radius 1 is 0.395 bits per heavy atom. The molecule has 2 amide bonds. The van der Waals surface area contributed by atoms with Crippen molar-refractivity contribution in [3.05, 3.63) is 238 Å². The van der Waals surface area contributed by atoms with Crippen LogP contribution in [0.25, 0.3) is 54.5 Å². The second-order valence-electron chi connectivity index (χ2n) is 25.4. The van der Waals surface area contributed by atoms with Crippen LogP contribution < -0.4 is 31.3 Å². The van der Waals surface area contributed by atoms with E-state index in [2.05, 4.69) is 102 Å². The Hall–Kier alpha value is -9.47. The standard InChI is InChI=1S/C18H11ClN4O2S2.C17H17ClN4S2.C17H11ClN4S2.C16H15ClN4O2S2.C12H9ClN4S2/c19-11-6-7-13-14(10-11)20-9-8-15(13)26-18-23-22-16(27-18)21-17(24)25-12-4-2-1-3-5-12;2*18-11-6-7-13-14(10-11)19-9-8-15(13)23-17-22-21-16(24-17)20-12-4-2-1-3-5-12;1-9(2)8-23-15(22)19-14-20-21-16(25-14)24-13-5-6-18-12-7-10(17)3-4-11(12)13;1-14-11-16-17-12(19-11)18-10-4-5-15-9-6-7(13)2-3-8(9)10/h1-10H,(H,21,22,24);6-10,12H,1-5H2,(H,20,21);1-10H,(H,20,21);3-7,9H,8H2,1-2H3,(H,19,20,22);2-6H,1H3,(H,14,16). The van der Waals surface area contributed by atoms with E-state index in [0.717, 1.165) is 113 Å². The Bertz CT molecular complexity index is 6320. The number of hydrogen-bond donors (Lipinski definition) is 5. The van der Waals surface area contributed by atoms with E-state index in [1.807, 2.05) is 185 Å². The number of pyridine rings is 5. The molecule has 1 aliphatic carbocycles. The number of nitrogens with one attached hydrogen (secondary N) is 5. The fraction of sp³-hybridized carbons (Fsp3) is 0.138. The number of nitrogens with zero attached hydrogens (tertiary/aromatic N) is 15. The van der Waals surface area contributed by atoms with E-state index < -0.39 is 12.2 Å². The zero-order valence-corrected chi connectivity index (χ0v) is 74.4. The number of amides is 2. The molecule has 0 radical (unpaired) electrons. The number of anilines is 6. The molecule has 1 saturated carbocycles. The Morgan fingerprint density at radius 3 is 1.09 bits per heavy atom. The average molecular weight is 1870 g/mol. The lowest BCUT2D eigenvalue weighted by atomic mass is 9.96. The van der Waals surface area contributed by atoms with Crippen LogP contribution in [0.1, 0.15) is 46.0 Å². The quantitative estimate of drug-likeness (QED) is 0.0443. The van der Waals surface area contributed by atoms with Crippen LogP contribution in [0.4, 0.5) is 40.9 Å². The molecular formula is C80H63Cl5N20O4S10. The molecule has 24 nitrogen and oxygen atoms in total. The van der Waals surface area contributed by atoms with Crippen LogP contribution >= 0.6 is 173 Å². The lowest BCUT2D eigenvalue weighted by Gasteiger charge is -2.21. The summed E-state index contributed by atoms with van der Waals surface area (Å²) in [5.41, 5.74) is 5.28. The second kappa shape index (κ2) is 42.7. The first kappa shape index (κ1) is 85.9. The van der Waals surface area contributed by atoms with E-state index in [0.29, 0.717) is 62.5 Å². The second-order valence-corrected chi connectivity index (χ2v) is 38.9. The summed E-state index contributed by atoms with van der Waals surface area (Å²) in [6, 6.07) is 57.4. The molecule has 39 heteroatoms. The zero-order chi connectivity index (χ0) is 82.4. The minimum absolute atomic E-state index is 0.278. The van der Waals surface area contributed by atoms with Gasteiger partial charge in [-0.2, -0.15) is 0 Å². The van der Waals surface area contributed by atoms with E-state index >= 15 is 0 Å². The van der Waals surface area contributed by atoms with Gasteiger partial charge in [0.1, 0.15) is 5.75 Å². The van der Waals surface area contributed by atoms with Crippen LogP contribution in [0.15, 0.2) is 259 Å². The molecule has 10 heterocycles. The highest BCUT2D eigenvalue weighted by Gasteiger charge is 2.20. The van der Waals surface area contributed by atoms with Crippen LogP contribution in [-0.4, -0.2) is 108 Å². The van der Waals surface area contributed by atoms with Crippen molar-refractivity contribution in [1.29, 1.82) is 0 Å². The van der Waals surface area contributed by atoms with E-state index in [-0.39, 0.29) is 5.92 Å². The SMILES string of the molecule is CC(C)COC(=O)Nc1nnc(Sc2ccnc3cc(Cl)ccc23)s1.CNc1nnc(Sc2ccnc3cc(Cl)ccc23)s1.Clc1ccc2c(Sc3nnc(NC4CCCCC4)s3)ccnc2c1.Clc1ccc2c(Sc3nnc(Nc4ccccc4)s3)ccnc2c1.O=C(Nc1nnc(Sc2ccnc3cc(Cl)ccc23)s1)Oc1ccccc1. The van der Waals surface area contributed by atoms with Gasteiger partial charge in [0.05, 0.1) is 34.2 Å². The van der Waals surface area contributed by atoms with Crippen LogP contribution in [0.5, 0.6) is 5.75 Å². The number of ether oxygens (including phenoxy) is 2. The van der Waals surface area contributed by atoms with Gasteiger partial charge in [-0.25, -0.2) is 9.59 Å². The molecule has 1 fully saturated rings. The van der Waals surface area contributed by atoms with Crippen LogP contribution in [0, 0.1) is 5.92 Å². The molecule has 0 aliphatic heterocycles. The molecule has 18 rings (SSSR count). The van der Waals surface area contributed by atoms with Gasteiger partial charge in [0.25, 0.3) is 0 Å².